The summed E-state index contributed by atoms with van der Waals surface area (Å²) in [7, 11) is 0. The van der Waals surface area contributed by atoms with E-state index >= 15 is 0 Å². The Balaban J connectivity index is 4.82. The first-order valence-electron chi connectivity index (χ1n) is 4.65. The van der Waals surface area contributed by atoms with E-state index in [0.717, 1.165) is 0 Å². The number of alkyl halides is 8. The molecule has 0 aromatic heterocycles. The second-order valence-electron chi connectivity index (χ2n) is 3.39. The van der Waals surface area contributed by atoms with Crippen LogP contribution in [0.1, 0.15) is 12.8 Å². The molecule has 0 saturated carbocycles. The Morgan fingerprint density at radius 1 is 1.16 bits per heavy atom. The van der Waals surface area contributed by atoms with Crippen molar-refractivity contribution in [1.82, 2.24) is 0 Å². The van der Waals surface area contributed by atoms with Gasteiger partial charge in [-0.3, -0.25) is 0 Å². The summed E-state index contributed by atoms with van der Waals surface area (Å²) in [5.41, 5.74) is 0. The van der Waals surface area contributed by atoms with Gasteiger partial charge in [-0.2, -0.15) is 30.7 Å². The molecule has 0 aliphatic carbocycles. The SMILES string of the molecule is C=CC(=O)OC(F)(F)C(F)(F)C(F)CCC(F)(F)F. The minimum Gasteiger partial charge on any atom is -0.393 e. The zero-order valence-corrected chi connectivity index (χ0v) is 9.12. The Morgan fingerprint density at radius 3 is 2.00 bits per heavy atom. The Morgan fingerprint density at radius 2 is 1.63 bits per heavy atom. The highest BCUT2D eigenvalue weighted by molar-refractivity contribution is 5.81. The molecule has 112 valence electrons. The molecule has 19 heavy (non-hydrogen) atoms. The minimum atomic E-state index is -5.59. The summed E-state index contributed by atoms with van der Waals surface area (Å²) in [4.78, 5) is 10.4. The van der Waals surface area contributed by atoms with Crippen LogP contribution in [0.25, 0.3) is 0 Å². The van der Waals surface area contributed by atoms with Crippen LogP contribution in [-0.2, 0) is 9.53 Å². The van der Waals surface area contributed by atoms with Crippen molar-refractivity contribution in [3.05, 3.63) is 12.7 Å². The van der Waals surface area contributed by atoms with Gasteiger partial charge in [0.2, 0.25) is 0 Å². The van der Waals surface area contributed by atoms with Crippen molar-refractivity contribution in [2.24, 2.45) is 0 Å². The van der Waals surface area contributed by atoms with Crippen LogP contribution in [0.2, 0.25) is 0 Å². The van der Waals surface area contributed by atoms with E-state index in [1.807, 2.05) is 0 Å². The maximum atomic E-state index is 12.9. The summed E-state index contributed by atoms with van der Waals surface area (Å²) in [5.74, 6) is -7.55. The van der Waals surface area contributed by atoms with Crippen LogP contribution in [0.4, 0.5) is 35.1 Å². The molecule has 0 aliphatic heterocycles. The van der Waals surface area contributed by atoms with E-state index in [0.29, 0.717) is 0 Å². The third-order valence-electron chi connectivity index (χ3n) is 1.86. The second-order valence-corrected chi connectivity index (χ2v) is 3.39. The van der Waals surface area contributed by atoms with Crippen LogP contribution in [0.3, 0.4) is 0 Å². The van der Waals surface area contributed by atoms with E-state index in [1.165, 1.54) is 0 Å². The number of esters is 1. The van der Waals surface area contributed by atoms with Gasteiger partial charge in [0.25, 0.3) is 0 Å². The van der Waals surface area contributed by atoms with Crippen LogP contribution in [0.15, 0.2) is 12.7 Å². The number of carbonyl (C=O) groups is 1. The fourth-order valence-electron chi connectivity index (χ4n) is 0.890. The van der Waals surface area contributed by atoms with Crippen molar-refractivity contribution in [2.45, 2.75) is 37.2 Å². The molecule has 0 bridgehead atoms. The third kappa shape index (κ3) is 5.03. The average Bonchev–Trinajstić information content (AvgIpc) is 2.23. The third-order valence-corrected chi connectivity index (χ3v) is 1.86. The predicted molar refractivity (Wildman–Crippen MR) is 46.4 cm³/mol. The molecule has 0 aliphatic rings. The molecule has 10 heteroatoms. The molecule has 0 N–H and O–H groups in total. The van der Waals surface area contributed by atoms with Crippen molar-refractivity contribution >= 4 is 5.97 Å². The summed E-state index contributed by atoms with van der Waals surface area (Å²) in [6, 6.07) is 0. The lowest BCUT2D eigenvalue weighted by Crippen LogP contribution is -2.50. The fourth-order valence-corrected chi connectivity index (χ4v) is 0.890. The number of rotatable bonds is 6. The second kappa shape index (κ2) is 5.74. The molecule has 0 saturated heterocycles. The number of halogens is 8. The molecular weight excluding hydrogens is 292 g/mol. The van der Waals surface area contributed by atoms with Gasteiger partial charge in [0.05, 0.1) is 0 Å². The quantitative estimate of drug-likeness (QED) is 0.425. The lowest BCUT2D eigenvalue weighted by molar-refractivity contribution is -0.345. The molecule has 0 heterocycles. The normalized spacial score (nSPS) is 14.9. The van der Waals surface area contributed by atoms with Gasteiger partial charge in [-0.25, -0.2) is 9.18 Å². The van der Waals surface area contributed by atoms with Crippen LogP contribution in [0, 0.1) is 0 Å². The van der Waals surface area contributed by atoms with Gasteiger partial charge >= 0.3 is 24.2 Å². The zero-order chi connectivity index (χ0) is 15.5. The van der Waals surface area contributed by atoms with Gasteiger partial charge in [0.15, 0.2) is 6.17 Å². The molecule has 1 atom stereocenters. The Bertz CT molecular complexity index is 336. The lowest BCUT2D eigenvalue weighted by Gasteiger charge is -2.27. The summed E-state index contributed by atoms with van der Waals surface area (Å²) < 4.78 is 102. The summed E-state index contributed by atoms with van der Waals surface area (Å²) >= 11 is 0. The van der Waals surface area contributed by atoms with E-state index < -0.39 is 43.2 Å². The van der Waals surface area contributed by atoms with Crippen LogP contribution in [-0.4, -0.2) is 30.3 Å². The number of ether oxygens (including phenoxy) is 1. The fraction of sp³-hybridized carbons (Fsp3) is 0.667. The van der Waals surface area contributed by atoms with Crippen LogP contribution < -0.4 is 0 Å². The number of hydrogen-bond donors (Lipinski definition) is 0. The Labute approximate surface area is 102 Å². The van der Waals surface area contributed by atoms with Crippen molar-refractivity contribution < 1.29 is 44.7 Å². The predicted octanol–water partition coefficient (Wildman–Crippen LogP) is 3.62. The highest BCUT2D eigenvalue weighted by Gasteiger charge is 2.65. The van der Waals surface area contributed by atoms with Crippen LogP contribution >= 0.6 is 0 Å². The number of hydrogen-bond acceptors (Lipinski definition) is 2. The molecule has 0 rings (SSSR count). The number of carbonyl (C=O) groups excluding carboxylic acids is 1. The molecule has 0 radical (unpaired) electrons. The largest absolute Gasteiger partial charge is 0.469 e. The van der Waals surface area contributed by atoms with E-state index in [2.05, 4.69) is 11.3 Å². The Hall–Kier alpha value is -1.35. The smallest absolute Gasteiger partial charge is 0.393 e. The maximum Gasteiger partial charge on any atom is 0.469 e. The maximum absolute atomic E-state index is 12.9. The van der Waals surface area contributed by atoms with E-state index in [1.54, 1.807) is 0 Å². The molecule has 0 spiro atoms. The molecule has 0 aromatic rings. The van der Waals surface area contributed by atoms with Gasteiger partial charge < -0.3 is 4.74 Å². The summed E-state index contributed by atoms with van der Waals surface area (Å²) in [6.45, 7) is 2.65. The topological polar surface area (TPSA) is 26.3 Å². The summed E-state index contributed by atoms with van der Waals surface area (Å²) in [6.07, 6.45) is -18.2. The molecule has 0 aromatic carbocycles. The van der Waals surface area contributed by atoms with Crippen molar-refractivity contribution in [2.75, 3.05) is 0 Å². The Kier molecular flexibility index (Phi) is 5.33. The van der Waals surface area contributed by atoms with Crippen molar-refractivity contribution in [3.8, 4) is 0 Å². The molecule has 0 amide bonds. The molecule has 2 nitrogen and oxygen atoms in total. The van der Waals surface area contributed by atoms with Gasteiger partial charge in [-0.15, -0.1) is 0 Å². The lowest BCUT2D eigenvalue weighted by atomic mass is 10.1. The first-order chi connectivity index (χ1) is 8.33. The standard InChI is InChI=1S/C9H8F8O2/c1-2-6(18)19-9(16,17)8(14,15)5(10)3-4-7(11,12)13/h2,5H,1,3-4H2. The van der Waals surface area contributed by atoms with E-state index in [-0.39, 0.29) is 6.08 Å². The minimum absolute atomic E-state index is 0.118. The van der Waals surface area contributed by atoms with Crippen LogP contribution in [0.5, 0.6) is 0 Å². The molecule has 0 fully saturated rings. The highest BCUT2D eigenvalue weighted by atomic mass is 19.4. The van der Waals surface area contributed by atoms with Gasteiger partial charge in [-0.1, -0.05) is 6.58 Å². The monoisotopic (exact) mass is 300 g/mol. The van der Waals surface area contributed by atoms with E-state index in [9.17, 15) is 39.9 Å². The van der Waals surface area contributed by atoms with Gasteiger partial charge in [0, 0.05) is 12.5 Å². The molecular formula is C9H8F8O2. The zero-order valence-electron chi connectivity index (χ0n) is 9.12. The van der Waals surface area contributed by atoms with Crippen molar-refractivity contribution in [3.63, 3.8) is 0 Å². The van der Waals surface area contributed by atoms with Crippen molar-refractivity contribution in [1.29, 1.82) is 0 Å². The van der Waals surface area contributed by atoms with Gasteiger partial charge in [-0.05, 0) is 6.42 Å². The average molecular weight is 300 g/mol. The van der Waals surface area contributed by atoms with Gasteiger partial charge in [0.1, 0.15) is 0 Å². The first-order valence-corrected chi connectivity index (χ1v) is 4.65. The van der Waals surface area contributed by atoms with E-state index in [4.69, 9.17) is 0 Å². The highest BCUT2D eigenvalue weighted by Crippen LogP contribution is 2.41. The first kappa shape index (κ1) is 17.6. The molecule has 1 unspecified atom stereocenters. The summed E-state index contributed by atoms with van der Waals surface area (Å²) in [5, 5.41) is 0.